The Morgan fingerprint density at radius 2 is 1.81 bits per heavy atom. The van der Waals surface area contributed by atoms with E-state index < -0.39 is 0 Å². The molecule has 0 aromatic heterocycles. The first-order chi connectivity index (χ1) is 15.1. The molecule has 2 aliphatic rings. The van der Waals surface area contributed by atoms with E-state index in [2.05, 4.69) is 29.2 Å². The fourth-order valence-corrected chi connectivity index (χ4v) is 6.09. The van der Waals surface area contributed by atoms with E-state index in [1.807, 2.05) is 50.4 Å². The van der Waals surface area contributed by atoms with E-state index in [1.54, 1.807) is 23.8 Å². The van der Waals surface area contributed by atoms with Gasteiger partial charge in [-0.05, 0) is 53.7 Å². The van der Waals surface area contributed by atoms with Crippen LogP contribution in [0.25, 0.3) is 10.8 Å². The van der Waals surface area contributed by atoms with Crippen LogP contribution < -0.4 is 9.64 Å². The zero-order valence-corrected chi connectivity index (χ0v) is 19.1. The Balaban J connectivity index is 1.52. The number of amides is 1. The SMILES string of the molecule is CCN1C(=O)C(=C2Sc3ccc(OC)cc3N2C)SC1=Nc1ccc2ccccc2c1. The number of anilines is 1. The molecule has 0 radical (unpaired) electrons. The molecule has 0 N–H and O–H groups in total. The molecule has 0 spiro atoms. The number of nitrogens with zero attached hydrogens (tertiary/aromatic N) is 3. The molecule has 5 nitrogen and oxygen atoms in total. The number of thioether (sulfide) groups is 2. The molecule has 5 rings (SSSR count). The quantitative estimate of drug-likeness (QED) is 0.472. The minimum Gasteiger partial charge on any atom is -0.497 e. The lowest BCUT2D eigenvalue weighted by Crippen LogP contribution is -2.29. The maximum atomic E-state index is 13.3. The predicted molar refractivity (Wildman–Crippen MR) is 130 cm³/mol. The number of carbonyl (C=O) groups excluding carboxylic acids is 1. The lowest BCUT2D eigenvalue weighted by atomic mass is 10.1. The molecule has 2 heterocycles. The van der Waals surface area contributed by atoms with Crippen molar-refractivity contribution in [3.05, 3.63) is 70.6 Å². The molecule has 1 saturated heterocycles. The number of carbonyl (C=O) groups is 1. The van der Waals surface area contributed by atoms with Gasteiger partial charge in [0, 0.05) is 24.6 Å². The third kappa shape index (κ3) is 3.47. The van der Waals surface area contributed by atoms with Crippen molar-refractivity contribution in [2.45, 2.75) is 11.8 Å². The van der Waals surface area contributed by atoms with Crippen LogP contribution in [0.3, 0.4) is 0 Å². The van der Waals surface area contributed by atoms with Gasteiger partial charge in [-0.1, -0.05) is 42.1 Å². The van der Waals surface area contributed by atoms with Gasteiger partial charge in [0.25, 0.3) is 5.91 Å². The molecule has 3 aromatic rings. The van der Waals surface area contributed by atoms with E-state index in [1.165, 1.54) is 17.1 Å². The third-order valence-corrected chi connectivity index (χ3v) is 7.80. The Morgan fingerprint density at radius 3 is 2.58 bits per heavy atom. The van der Waals surface area contributed by atoms with E-state index in [4.69, 9.17) is 9.73 Å². The summed E-state index contributed by atoms with van der Waals surface area (Å²) in [6, 6.07) is 20.3. The van der Waals surface area contributed by atoms with Crippen molar-refractivity contribution in [2.75, 3.05) is 25.6 Å². The average Bonchev–Trinajstić information content (AvgIpc) is 3.29. The van der Waals surface area contributed by atoms with E-state index in [0.29, 0.717) is 16.6 Å². The highest BCUT2D eigenvalue weighted by molar-refractivity contribution is 8.19. The van der Waals surface area contributed by atoms with Gasteiger partial charge in [-0.2, -0.15) is 0 Å². The predicted octanol–water partition coefficient (Wildman–Crippen LogP) is 5.84. The van der Waals surface area contributed by atoms with E-state index in [-0.39, 0.29) is 5.91 Å². The van der Waals surface area contributed by atoms with Crippen LogP contribution in [-0.4, -0.2) is 36.7 Å². The van der Waals surface area contributed by atoms with Crippen LogP contribution in [0.1, 0.15) is 6.92 Å². The summed E-state index contributed by atoms with van der Waals surface area (Å²) in [6.07, 6.45) is 0. The zero-order chi connectivity index (χ0) is 21.5. The summed E-state index contributed by atoms with van der Waals surface area (Å²) in [7, 11) is 3.65. The molecule has 31 heavy (non-hydrogen) atoms. The highest BCUT2D eigenvalue weighted by atomic mass is 32.2. The first kappa shape index (κ1) is 20.0. The molecule has 156 valence electrons. The van der Waals surface area contributed by atoms with Crippen LogP contribution in [0.2, 0.25) is 0 Å². The lowest BCUT2D eigenvalue weighted by Gasteiger charge is -2.15. The summed E-state index contributed by atoms with van der Waals surface area (Å²) in [6.45, 7) is 2.55. The molecule has 0 aliphatic carbocycles. The van der Waals surface area contributed by atoms with Crippen LogP contribution in [-0.2, 0) is 4.79 Å². The van der Waals surface area contributed by atoms with Gasteiger partial charge in [-0.15, -0.1) is 0 Å². The van der Waals surface area contributed by atoms with Gasteiger partial charge in [0.1, 0.15) is 10.7 Å². The number of methoxy groups -OCH3 is 1. The molecular formula is C24H21N3O2S2. The Morgan fingerprint density at radius 1 is 1.00 bits per heavy atom. The highest BCUT2D eigenvalue weighted by Gasteiger charge is 2.38. The zero-order valence-electron chi connectivity index (χ0n) is 17.5. The van der Waals surface area contributed by atoms with Gasteiger partial charge in [-0.3, -0.25) is 9.69 Å². The monoisotopic (exact) mass is 447 g/mol. The average molecular weight is 448 g/mol. The summed E-state index contributed by atoms with van der Waals surface area (Å²) in [4.78, 5) is 23.7. The Hall–Kier alpha value is -2.90. The topological polar surface area (TPSA) is 45.1 Å². The summed E-state index contributed by atoms with van der Waals surface area (Å²) in [5.41, 5.74) is 1.89. The molecule has 0 atom stereocenters. The number of fused-ring (bicyclic) bond motifs is 2. The highest BCUT2D eigenvalue weighted by Crippen LogP contribution is 2.51. The Kier molecular flexibility index (Phi) is 5.16. The minimum absolute atomic E-state index is 0.00107. The van der Waals surface area contributed by atoms with Crippen LogP contribution in [0.15, 0.2) is 80.5 Å². The number of hydrogen-bond donors (Lipinski definition) is 0. The van der Waals surface area contributed by atoms with Crippen LogP contribution in [0.4, 0.5) is 11.4 Å². The van der Waals surface area contributed by atoms with Crippen molar-refractivity contribution < 1.29 is 9.53 Å². The van der Waals surface area contributed by atoms with E-state index >= 15 is 0 Å². The minimum atomic E-state index is 0.00107. The van der Waals surface area contributed by atoms with Crippen molar-refractivity contribution in [3.8, 4) is 5.75 Å². The van der Waals surface area contributed by atoms with Crippen LogP contribution >= 0.6 is 23.5 Å². The number of hydrogen-bond acceptors (Lipinski definition) is 6. The van der Waals surface area contributed by atoms with Gasteiger partial charge in [0.15, 0.2) is 5.17 Å². The summed E-state index contributed by atoms with van der Waals surface area (Å²) >= 11 is 3.06. The van der Waals surface area contributed by atoms with Gasteiger partial charge in [0.2, 0.25) is 0 Å². The second-order valence-electron chi connectivity index (χ2n) is 7.21. The number of aliphatic imine (C=N–C) groups is 1. The van der Waals surface area contributed by atoms with Gasteiger partial charge in [0.05, 0.1) is 23.5 Å². The number of amidine groups is 1. The molecule has 0 saturated carbocycles. The molecule has 3 aromatic carbocycles. The first-order valence-electron chi connectivity index (χ1n) is 10.00. The number of ether oxygens (including phenoxy) is 1. The second-order valence-corrected chi connectivity index (χ2v) is 9.21. The summed E-state index contributed by atoms with van der Waals surface area (Å²) in [5, 5.41) is 3.96. The third-order valence-electron chi connectivity index (χ3n) is 5.37. The molecule has 0 bridgehead atoms. The maximum absolute atomic E-state index is 13.3. The van der Waals surface area contributed by atoms with Gasteiger partial charge < -0.3 is 9.64 Å². The van der Waals surface area contributed by atoms with Gasteiger partial charge >= 0.3 is 0 Å². The summed E-state index contributed by atoms with van der Waals surface area (Å²) < 4.78 is 5.37. The molecule has 0 unspecified atom stereocenters. The second kappa shape index (κ2) is 7.98. The standard InChI is InChI=1S/C24H21N3O2S2/c1-4-27-22(28)21(23-26(2)19-14-18(29-3)11-12-20(19)30-23)31-24(27)25-17-10-9-15-7-5-6-8-16(15)13-17/h5-14H,4H2,1-3H3. The molecule has 2 aliphatic heterocycles. The Bertz CT molecular complexity index is 1270. The Labute approximate surface area is 189 Å². The largest absolute Gasteiger partial charge is 0.497 e. The fourth-order valence-electron chi connectivity index (χ4n) is 3.71. The number of likely N-dealkylation sites (N-methyl/N-ethyl adjacent to an activating group) is 1. The normalized spacial score (nSPS) is 19.6. The summed E-state index contributed by atoms with van der Waals surface area (Å²) in [5.74, 6) is 0.803. The first-order valence-corrected chi connectivity index (χ1v) is 11.6. The maximum Gasteiger partial charge on any atom is 0.269 e. The fraction of sp³-hybridized carbons (Fsp3) is 0.167. The number of benzene rings is 3. The van der Waals surface area contributed by atoms with E-state index in [9.17, 15) is 4.79 Å². The van der Waals surface area contributed by atoms with Crippen LogP contribution in [0.5, 0.6) is 5.75 Å². The number of rotatable bonds is 3. The van der Waals surface area contributed by atoms with Gasteiger partial charge in [-0.25, -0.2) is 4.99 Å². The van der Waals surface area contributed by atoms with Crippen molar-refractivity contribution in [2.24, 2.45) is 4.99 Å². The molecular weight excluding hydrogens is 426 g/mol. The van der Waals surface area contributed by atoms with Crippen molar-refractivity contribution in [1.82, 2.24) is 4.90 Å². The lowest BCUT2D eigenvalue weighted by molar-refractivity contribution is -0.122. The van der Waals surface area contributed by atoms with Crippen molar-refractivity contribution >= 4 is 56.7 Å². The van der Waals surface area contributed by atoms with Crippen LogP contribution in [0, 0.1) is 0 Å². The van der Waals surface area contributed by atoms with E-state index in [0.717, 1.165) is 32.4 Å². The van der Waals surface area contributed by atoms with Crippen molar-refractivity contribution in [1.29, 1.82) is 0 Å². The van der Waals surface area contributed by atoms with Crippen molar-refractivity contribution in [3.63, 3.8) is 0 Å². The smallest absolute Gasteiger partial charge is 0.269 e. The molecule has 1 fully saturated rings. The molecule has 1 amide bonds. The molecule has 7 heteroatoms.